The van der Waals surface area contributed by atoms with Gasteiger partial charge in [0.1, 0.15) is 0 Å². The zero-order valence-electron chi connectivity index (χ0n) is 13.8. The van der Waals surface area contributed by atoms with Gasteiger partial charge in [0.2, 0.25) is 5.91 Å². The van der Waals surface area contributed by atoms with Crippen molar-refractivity contribution in [2.24, 2.45) is 5.92 Å². The molecule has 1 aromatic rings. The minimum absolute atomic E-state index is 0.0925. The van der Waals surface area contributed by atoms with Crippen molar-refractivity contribution in [3.05, 3.63) is 29.8 Å². The molecular weight excluding hydrogens is 296 g/mol. The summed E-state index contributed by atoms with van der Waals surface area (Å²) in [5, 5.41) is 11.5. The fourth-order valence-electron chi connectivity index (χ4n) is 2.11. The lowest BCUT2D eigenvalue weighted by molar-refractivity contribution is -0.137. The van der Waals surface area contributed by atoms with Crippen LogP contribution in [0.25, 0.3) is 0 Å². The summed E-state index contributed by atoms with van der Waals surface area (Å²) in [6.45, 7) is 6.34. The van der Waals surface area contributed by atoms with Gasteiger partial charge in [-0.25, -0.2) is 0 Å². The Morgan fingerprint density at radius 3 is 2.52 bits per heavy atom. The highest BCUT2D eigenvalue weighted by atomic mass is 16.4. The van der Waals surface area contributed by atoms with E-state index in [-0.39, 0.29) is 30.7 Å². The maximum absolute atomic E-state index is 12.6. The van der Waals surface area contributed by atoms with Gasteiger partial charge in [-0.15, -0.1) is 0 Å². The van der Waals surface area contributed by atoms with E-state index in [4.69, 9.17) is 5.11 Å². The standard InChI is InChI=1S/C17H24N2O4/c1-4-15(20)18-14-7-5-6-13(10-14)17(23)19(11-12(2)3)9-8-16(21)22/h5-7,10,12H,4,8-9,11H2,1-3H3,(H,18,20)(H,21,22). The van der Waals surface area contributed by atoms with Gasteiger partial charge in [-0.3, -0.25) is 14.4 Å². The van der Waals surface area contributed by atoms with Crippen LogP contribution in [0, 0.1) is 5.92 Å². The zero-order valence-corrected chi connectivity index (χ0v) is 13.8. The highest BCUT2D eigenvalue weighted by Crippen LogP contribution is 2.14. The van der Waals surface area contributed by atoms with Crippen LogP contribution in [0.4, 0.5) is 5.69 Å². The third kappa shape index (κ3) is 6.50. The molecule has 23 heavy (non-hydrogen) atoms. The molecule has 6 heteroatoms. The Hall–Kier alpha value is -2.37. The quantitative estimate of drug-likeness (QED) is 0.771. The van der Waals surface area contributed by atoms with E-state index in [1.807, 2.05) is 13.8 Å². The summed E-state index contributed by atoms with van der Waals surface area (Å²) in [6, 6.07) is 6.69. The fraction of sp³-hybridized carbons (Fsp3) is 0.471. The molecule has 2 N–H and O–H groups in total. The molecule has 0 atom stereocenters. The van der Waals surface area contributed by atoms with Crippen molar-refractivity contribution in [1.29, 1.82) is 0 Å². The number of aliphatic carboxylic acids is 1. The van der Waals surface area contributed by atoms with Crippen molar-refractivity contribution in [3.63, 3.8) is 0 Å². The van der Waals surface area contributed by atoms with Crippen LogP contribution in [0.1, 0.15) is 44.0 Å². The van der Waals surface area contributed by atoms with Crippen LogP contribution in [0.3, 0.4) is 0 Å². The second-order valence-electron chi connectivity index (χ2n) is 5.77. The third-order valence-corrected chi connectivity index (χ3v) is 3.18. The molecule has 2 amide bonds. The summed E-state index contributed by atoms with van der Waals surface area (Å²) in [5.41, 5.74) is 0.996. The molecule has 1 rings (SSSR count). The van der Waals surface area contributed by atoms with Gasteiger partial charge in [-0.2, -0.15) is 0 Å². The van der Waals surface area contributed by atoms with Gasteiger partial charge in [0.05, 0.1) is 6.42 Å². The van der Waals surface area contributed by atoms with E-state index < -0.39 is 5.97 Å². The van der Waals surface area contributed by atoms with E-state index in [1.165, 1.54) is 0 Å². The summed E-state index contributed by atoms with van der Waals surface area (Å²) in [5.74, 6) is -1.06. The van der Waals surface area contributed by atoms with Gasteiger partial charge in [-0.05, 0) is 24.1 Å². The minimum Gasteiger partial charge on any atom is -0.481 e. The predicted octanol–water partition coefficient (Wildman–Crippen LogP) is 2.61. The first-order valence-corrected chi connectivity index (χ1v) is 7.74. The lowest BCUT2D eigenvalue weighted by Crippen LogP contribution is -2.36. The number of carbonyl (C=O) groups excluding carboxylic acids is 2. The number of nitrogens with zero attached hydrogens (tertiary/aromatic N) is 1. The van der Waals surface area contributed by atoms with Crippen LogP contribution in [0.2, 0.25) is 0 Å². The van der Waals surface area contributed by atoms with Crippen LogP contribution in [0.5, 0.6) is 0 Å². The molecule has 0 fully saturated rings. The largest absolute Gasteiger partial charge is 0.481 e. The van der Waals surface area contributed by atoms with Crippen molar-refractivity contribution >= 4 is 23.5 Å². The van der Waals surface area contributed by atoms with E-state index in [1.54, 1.807) is 36.1 Å². The van der Waals surface area contributed by atoms with Crippen LogP contribution < -0.4 is 5.32 Å². The van der Waals surface area contributed by atoms with Crippen molar-refractivity contribution in [2.75, 3.05) is 18.4 Å². The number of carboxylic acids is 1. The first-order valence-electron chi connectivity index (χ1n) is 7.74. The zero-order chi connectivity index (χ0) is 17.4. The highest BCUT2D eigenvalue weighted by molar-refractivity contribution is 5.97. The topological polar surface area (TPSA) is 86.7 Å². The predicted molar refractivity (Wildman–Crippen MR) is 88.4 cm³/mol. The van der Waals surface area contributed by atoms with Crippen LogP contribution in [-0.4, -0.2) is 40.9 Å². The molecule has 0 aliphatic carbocycles. The van der Waals surface area contributed by atoms with E-state index in [0.717, 1.165) is 0 Å². The Balaban J connectivity index is 2.91. The highest BCUT2D eigenvalue weighted by Gasteiger charge is 2.18. The number of rotatable bonds is 8. The monoisotopic (exact) mass is 320 g/mol. The summed E-state index contributed by atoms with van der Waals surface area (Å²) >= 11 is 0. The average Bonchev–Trinajstić information content (AvgIpc) is 2.50. The SMILES string of the molecule is CCC(=O)Nc1cccc(C(=O)N(CCC(=O)O)CC(C)C)c1. The normalized spacial score (nSPS) is 10.4. The van der Waals surface area contributed by atoms with E-state index in [9.17, 15) is 14.4 Å². The first-order chi connectivity index (χ1) is 10.8. The molecular formula is C17H24N2O4. The summed E-state index contributed by atoms with van der Waals surface area (Å²) in [4.78, 5) is 36.4. The number of anilines is 1. The summed E-state index contributed by atoms with van der Waals surface area (Å²) < 4.78 is 0. The van der Waals surface area contributed by atoms with Gasteiger partial charge in [-0.1, -0.05) is 26.8 Å². The Bertz CT molecular complexity index is 569. The molecule has 126 valence electrons. The van der Waals surface area contributed by atoms with Crippen LogP contribution >= 0.6 is 0 Å². The summed E-state index contributed by atoms with van der Waals surface area (Å²) in [7, 11) is 0. The lowest BCUT2D eigenvalue weighted by atomic mass is 10.1. The van der Waals surface area contributed by atoms with Gasteiger partial charge < -0.3 is 15.3 Å². The van der Waals surface area contributed by atoms with E-state index >= 15 is 0 Å². The molecule has 1 aromatic carbocycles. The van der Waals surface area contributed by atoms with Gasteiger partial charge in [0, 0.05) is 30.8 Å². The fourth-order valence-corrected chi connectivity index (χ4v) is 2.11. The van der Waals surface area contributed by atoms with Crippen molar-refractivity contribution in [1.82, 2.24) is 4.90 Å². The second kappa shape index (κ2) is 8.92. The average molecular weight is 320 g/mol. The number of amides is 2. The van der Waals surface area contributed by atoms with Gasteiger partial charge in [0.25, 0.3) is 5.91 Å². The molecule has 6 nitrogen and oxygen atoms in total. The van der Waals surface area contributed by atoms with Crippen molar-refractivity contribution in [2.45, 2.75) is 33.6 Å². The molecule has 0 unspecified atom stereocenters. The number of benzene rings is 1. The summed E-state index contributed by atoms with van der Waals surface area (Å²) in [6.07, 6.45) is 0.265. The molecule has 0 heterocycles. The number of carboxylic acid groups (broad SMARTS) is 1. The molecule has 0 saturated carbocycles. The maximum Gasteiger partial charge on any atom is 0.305 e. The molecule has 0 spiro atoms. The number of carbonyl (C=O) groups is 3. The number of nitrogens with one attached hydrogen (secondary N) is 1. The van der Waals surface area contributed by atoms with Gasteiger partial charge in [0.15, 0.2) is 0 Å². The van der Waals surface area contributed by atoms with Crippen molar-refractivity contribution < 1.29 is 19.5 Å². The lowest BCUT2D eigenvalue weighted by Gasteiger charge is -2.24. The van der Waals surface area contributed by atoms with Gasteiger partial charge >= 0.3 is 5.97 Å². The Kier molecular flexibility index (Phi) is 7.25. The Morgan fingerprint density at radius 2 is 1.96 bits per heavy atom. The first kappa shape index (κ1) is 18.7. The molecule has 0 aromatic heterocycles. The maximum atomic E-state index is 12.6. The number of hydrogen-bond donors (Lipinski definition) is 2. The van der Waals surface area contributed by atoms with Crippen LogP contribution in [0.15, 0.2) is 24.3 Å². The Labute approximate surface area is 136 Å². The second-order valence-corrected chi connectivity index (χ2v) is 5.77. The van der Waals surface area contributed by atoms with E-state index in [2.05, 4.69) is 5.32 Å². The Morgan fingerprint density at radius 1 is 1.26 bits per heavy atom. The third-order valence-electron chi connectivity index (χ3n) is 3.18. The smallest absolute Gasteiger partial charge is 0.305 e. The molecule has 0 radical (unpaired) electrons. The molecule has 0 saturated heterocycles. The molecule has 0 aliphatic heterocycles. The minimum atomic E-state index is -0.935. The van der Waals surface area contributed by atoms with E-state index in [0.29, 0.717) is 24.2 Å². The molecule has 0 aliphatic rings. The van der Waals surface area contributed by atoms with Crippen LogP contribution in [-0.2, 0) is 9.59 Å². The number of hydrogen-bond acceptors (Lipinski definition) is 3. The molecule has 0 bridgehead atoms. The van der Waals surface area contributed by atoms with Crippen molar-refractivity contribution in [3.8, 4) is 0 Å².